The van der Waals surface area contributed by atoms with Crippen molar-refractivity contribution in [3.05, 3.63) is 71.3 Å². The zero-order valence-electron chi connectivity index (χ0n) is 18.2. The van der Waals surface area contributed by atoms with Gasteiger partial charge >= 0.3 is 12.1 Å². The summed E-state index contributed by atoms with van der Waals surface area (Å²) in [7, 11) is 0. The van der Waals surface area contributed by atoms with Crippen molar-refractivity contribution in [1.82, 2.24) is 10.6 Å². The van der Waals surface area contributed by atoms with E-state index in [1.54, 1.807) is 13.0 Å². The summed E-state index contributed by atoms with van der Waals surface area (Å²) < 4.78 is 10.6. The van der Waals surface area contributed by atoms with Crippen molar-refractivity contribution >= 4 is 18.0 Å². The first-order valence-corrected chi connectivity index (χ1v) is 10.9. The number of carbonyl (C=O) groups excluding carboxylic acids is 2. The number of benzene rings is 2. The highest BCUT2D eigenvalue weighted by Gasteiger charge is 2.35. The van der Waals surface area contributed by atoms with Crippen LogP contribution in [0.15, 0.2) is 60.2 Å². The predicted molar refractivity (Wildman–Crippen MR) is 121 cm³/mol. The van der Waals surface area contributed by atoms with Crippen LogP contribution >= 0.6 is 0 Å². The molecule has 3 N–H and O–H groups in total. The Hall–Kier alpha value is -3.65. The number of carboxylic acid groups (broad SMARTS) is 1. The molecule has 8 heteroatoms. The van der Waals surface area contributed by atoms with E-state index in [-0.39, 0.29) is 25.7 Å². The number of hydrogen-bond donors (Lipinski definition) is 3. The maximum atomic E-state index is 12.3. The van der Waals surface area contributed by atoms with Gasteiger partial charge in [-0.15, -0.1) is 0 Å². The van der Waals surface area contributed by atoms with E-state index in [0.717, 1.165) is 22.3 Å². The van der Waals surface area contributed by atoms with E-state index in [2.05, 4.69) is 34.9 Å². The van der Waals surface area contributed by atoms with Gasteiger partial charge in [-0.2, -0.15) is 0 Å². The molecule has 2 aromatic carbocycles. The topological polar surface area (TPSA) is 114 Å². The van der Waals surface area contributed by atoms with Gasteiger partial charge in [0, 0.05) is 24.6 Å². The third-order valence-electron chi connectivity index (χ3n) is 6.01. The molecular weight excluding hydrogens is 424 g/mol. The quantitative estimate of drug-likeness (QED) is 0.559. The lowest BCUT2D eigenvalue weighted by atomic mass is 9.98. The van der Waals surface area contributed by atoms with Crippen LogP contribution < -0.4 is 10.6 Å². The van der Waals surface area contributed by atoms with E-state index < -0.39 is 30.1 Å². The van der Waals surface area contributed by atoms with Gasteiger partial charge in [0.15, 0.2) is 6.10 Å². The second-order valence-electron chi connectivity index (χ2n) is 8.09. The van der Waals surface area contributed by atoms with Crippen molar-refractivity contribution in [3.63, 3.8) is 0 Å². The third kappa shape index (κ3) is 4.90. The van der Waals surface area contributed by atoms with E-state index in [4.69, 9.17) is 14.6 Å². The van der Waals surface area contributed by atoms with Gasteiger partial charge in [-0.25, -0.2) is 9.59 Å². The molecule has 0 saturated carbocycles. The van der Waals surface area contributed by atoms with Gasteiger partial charge in [0.1, 0.15) is 6.61 Å². The van der Waals surface area contributed by atoms with Gasteiger partial charge in [0.25, 0.3) is 0 Å². The Kier molecular flexibility index (Phi) is 6.74. The van der Waals surface area contributed by atoms with Gasteiger partial charge in [-0.05, 0) is 35.6 Å². The zero-order valence-corrected chi connectivity index (χ0v) is 18.2. The van der Waals surface area contributed by atoms with E-state index in [0.29, 0.717) is 12.0 Å². The Morgan fingerprint density at radius 3 is 2.36 bits per heavy atom. The summed E-state index contributed by atoms with van der Waals surface area (Å²) in [5.74, 6) is -1.52. The van der Waals surface area contributed by atoms with E-state index in [1.807, 2.05) is 24.3 Å². The van der Waals surface area contributed by atoms with Gasteiger partial charge in [-0.1, -0.05) is 54.6 Å². The van der Waals surface area contributed by atoms with Gasteiger partial charge < -0.3 is 25.2 Å². The van der Waals surface area contributed by atoms with Gasteiger partial charge in [0.05, 0.1) is 6.04 Å². The maximum Gasteiger partial charge on any atom is 0.407 e. The zero-order chi connectivity index (χ0) is 23.4. The lowest BCUT2D eigenvalue weighted by Crippen LogP contribution is -2.44. The number of hydrogen-bond acceptors (Lipinski definition) is 5. The molecule has 2 unspecified atom stereocenters. The Bertz CT molecular complexity index is 1050. The molecule has 33 heavy (non-hydrogen) atoms. The molecule has 2 amide bonds. The first-order chi connectivity index (χ1) is 16.0. The lowest BCUT2D eigenvalue weighted by Gasteiger charge is -2.16. The molecule has 1 heterocycles. The molecule has 1 aliphatic heterocycles. The van der Waals surface area contributed by atoms with Gasteiger partial charge in [-0.3, -0.25) is 4.79 Å². The summed E-state index contributed by atoms with van der Waals surface area (Å²) in [6.07, 6.45) is 0.383. The van der Waals surface area contributed by atoms with Crippen LogP contribution in [0, 0.1) is 0 Å². The molecule has 0 radical (unpaired) electrons. The molecule has 0 bridgehead atoms. The normalized spacial score (nSPS) is 19.5. The SMILES string of the molecule is C/C(=C\CNC(=O)OCC1c2ccccc2-c2ccccc21)C(=O)NC1CCOC1C(=O)O. The number of carboxylic acids is 1. The van der Waals surface area contributed by atoms with Crippen molar-refractivity contribution in [2.45, 2.75) is 31.4 Å². The summed E-state index contributed by atoms with van der Waals surface area (Å²) in [5, 5.41) is 14.4. The molecule has 172 valence electrons. The number of rotatable bonds is 7. The van der Waals surface area contributed by atoms with Crippen molar-refractivity contribution in [2.24, 2.45) is 0 Å². The van der Waals surface area contributed by atoms with Crippen LogP contribution in [0.5, 0.6) is 0 Å². The number of nitrogens with one attached hydrogen (secondary N) is 2. The minimum Gasteiger partial charge on any atom is -0.479 e. The maximum absolute atomic E-state index is 12.3. The minimum absolute atomic E-state index is 0.0259. The molecular formula is C25H26N2O6. The predicted octanol–water partition coefficient (Wildman–Crippen LogP) is 2.83. The second kappa shape index (κ2) is 9.87. The summed E-state index contributed by atoms with van der Waals surface area (Å²) >= 11 is 0. The number of fused-ring (bicyclic) bond motifs is 3. The fraction of sp³-hybridized carbons (Fsp3) is 0.320. The number of ether oxygens (including phenoxy) is 2. The molecule has 2 aliphatic rings. The molecule has 0 aromatic heterocycles. The molecule has 4 rings (SSSR count). The number of alkyl carbamates (subject to hydrolysis) is 1. The second-order valence-corrected chi connectivity index (χ2v) is 8.09. The van der Waals surface area contributed by atoms with Crippen LogP contribution in [-0.4, -0.2) is 55.0 Å². The minimum atomic E-state index is -1.10. The first-order valence-electron chi connectivity index (χ1n) is 10.9. The first kappa shape index (κ1) is 22.5. The lowest BCUT2D eigenvalue weighted by molar-refractivity contribution is -0.148. The van der Waals surface area contributed by atoms with Crippen LogP contribution in [0.3, 0.4) is 0 Å². The molecule has 8 nitrogen and oxygen atoms in total. The number of amides is 2. The van der Waals surface area contributed by atoms with Crippen molar-refractivity contribution < 1.29 is 29.0 Å². The highest BCUT2D eigenvalue weighted by Crippen LogP contribution is 2.44. The van der Waals surface area contributed by atoms with Crippen molar-refractivity contribution in [1.29, 1.82) is 0 Å². The summed E-state index contributed by atoms with van der Waals surface area (Å²) in [6, 6.07) is 15.6. The Balaban J connectivity index is 1.27. The Labute approximate surface area is 191 Å². The van der Waals surface area contributed by atoms with E-state index in [1.165, 1.54) is 0 Å². The average Bonchev–Trinajstić information content (AvgIpc) is 3.40. The summed E-state index contributed by atoms with van der Waals surface area (Å²) in [4.78, 5) is 35.7. The largest absolute Gasteiger partial charge is 0.479 e. The molecule has 1 aliphatic carbocycles. The fourth-order valence-electron chi connectivity index (χ4n) is 4.29. The highest BCUT2D eigenvalue weighted by atomic mass is 16.5. The standard InChI is InChI=1S/C25H26N2O6/c1-15(23(28)27-21-11-13-32-22(21)24(29)30)10-12-26-25(31)33-14-20-18-8-4-2-6-16(18)17-7-3-5-9-19(17)20/h2-10,20-22H,11-14H2,1H3,(H,26,31)(H,27,28)(H,29,30)/b15-10+. The average molecular weight is 450 g/mol. The van der Waals surface area contributed by atoms with Gasteiger partial charge in [0.2, 0.25) is 5.91 Å². The molecule has 2 atom stereocenters. The van der Waals surface area contributed by atoms with Crippen LogP contribution in [0.1, 0.15) is 30.4 Å². The summed E-state index contributed by atoms with van der Waals surface area (Å²) in [6.45, 7) is 2.20. The monoisotopic (exact) mass is 450 g/mol. The van der Waals surface area contributed by atoms with Crippen LogP contribution in [0.4, 0.5) is 4.79 Å². The number of aliphatic carboxylic acids is 1. The Morgan fingerprint density at radius 2 is 1.73 bits per heavy atom. The van der Waals surface area contributed by atoms with E-state index >= 15 is 0 Å². The summed E-state index contributed by atoms with van der Waals surface area (Å²) in [5.41, 5.74) is 4.95. The Morgan fingerprint density at radius 1 is 1.09 bits per heavy atom. The highest BCUT2D eigenvalue weighted by molar-refractivity contribution is 5.93. The smallest absolute Gasteiger partial charge is 0.407 e. The van der Waals surface area contributed by atoms with Crippen molar-refractivity contribution in [2.75, 3.05) is 19.8 Å². The molecule has 0 spiro atoms. The van der Waals surface area contributed by atoms with E-state index in [9.17, 15) is 14.4 Å². The molecule has 1 fully saturated rings. The fourth-order valence-corrected chi connectivity index (χ4v) is 4.29. The molecule has 1 saturated heterocycles. The van der Waals surface area contributed by atoms with Crippen molar-refractivity contribution in [3.8, 4) is 11.1 Å². The third-order valence-corrected chi connectivity index (χ3v) is 6.01. The molecule has 2 aromatic rings. The number of carbonyl (C=O) groups is 3. The van der Waals surface area contributed by atoms with Crippen LogP contribution in [-0.2, 0) is 19.1 Å². The van der Waals surface area contributed by atoms with Crippen LogP contribution in [0.2, 0.25) is 0 Å². The van der Waals surface area contributed by atoms with Crippen LogP contribution in [0.25, 0.3) is 11.1 Å².